The standard InChI is InChI=1S/C17H23NO3/c1-16(2,3)21-15(20)18-11-9-17(13-18,10-12-19)14-7-5-4-6-8-14/h4-8,12H,9-11,13H2,1-3H3/t17-/m0/s1. The van der Waals surface area contributed by atoms with E-state index in [9.17, 15) is 9.59 Å². The Morgan fingerprint density at radius 2 is 2.00 bits per heavy atom. The fourth-order valence-corrected chi connectivity index (χ4v) is 2.83. The second-order valence-corrected chi connectivity index (χ2v) is 6.67. The van der Waals surface area contributed by atoms with Gasteiger partial charge in [0.15, 0.2) is 0 Å². The number of amides is 1. The van der Waals surface area contributed by atoms with Gasteiger partial charge in [0.2, 0.25) is 0 Å². The monoisotopic (exact) mass is 289 g/mol. The molecule has 0 unspecified atom stereocenters. The number of benzene rings is 1. The highest BCUT2D eigenvalue weighted by Crippen LogP contribution is 2.37. The van der Waals surface area contributed by atoms with E-state index in [1.807, 2.05) is 51.1 Å². The summed E-state index contributed by atoms with van der Waals surface area (Å²) < 4.78 is 5.43. The van der Waals surface area contributed by atoms with Gasteiger partial charge in [0.05, 0.1) is 0 Å². The Morgan fingerprint density at radius 3 is 2.57 bits per heavy atom. The number of likely N-dealkylation sites (tertiary alicyclic amines) is 1. The smallest absolute Gasteiger partial charge is 0.410 e. The van der Waals surface area contributed by atoms with E-state index in [4.69, 9.17) is 4.74 Å². The molecule has 0 bridgehead atoms. The zero-order chi connectivity index (χ0) is 15.5. The quantitative estimate of drug-likeness (QED) is 0.803. The van der Waals surface area contributed by atoms with Crippen LogP contribution in [-0.4, -0.2) is 36.0 Å². The summed E-state index contributed by atoms with van der Waals surface area (Å²) in [6, 6.07) is 9.96. The molecular formula is C17H23NO3. The summed E-state index contributed by atoms with van der Waals surface area (Å²) in [5.74, 6) is 0. The van der Waals surface area contributed by atoms with Crippen LogP contribution in [0.5, 0.6) is 0 Å². The van der Waals surface area contributed by atoms with Gasteiger partial charge in [-0.25, -0.2) is 4.79 Å². The molecule has 0 aliphatic carbocycles. The van der Waals surface area contributed by atoms with Crippen LogP contribution in [0.1, 0.15) is 39.2 Å². The minimum Gasteiger partial charge on any atom is -0.444 e. The largest absolute Gasteiger partial charge is 0.444 e. The number of rotatable bonds is 3. The van der Waals surface area contributed by atoms with E-state index >= 15 is 0 Å². The molecule has 0 spiro atoms. The van der Waals surface area contributed by atoms with Crippen molar-refractivity contribution in [1.82, 2.24) is 4.90 Å². The third kappa shape index (κ3) is 3.63. The Kier molecular flexibility index (Phi) is 4.35. The van der Waals surface area contributed by atoms with Crippen LogP contribution in [0.25, 0.3) is 0 Å². The number of hydrogen-bond donors (Lipinski definition) is 0. The summed E-state index contributed by atoms with van der Waals surface area (Å²) in [7, 11) is 0. The molecule has 0 aromatic heterocycles. The molecule has 1 amide bonds. The lowest BCUT2D eigenvalue weighted by atomic mass is 9.77. The minimum absolute atomic E-state index is 0.278. The van der Waals surface area contributed by atoms with E-state index in [2.05, 4.69) is 0 Å². The molecule has 4 heteroatoms. The molecule has 1 aliphatic heterocycles. The van der Waals surface area contributed by atoms with E-state index in [0.29, 0.717) is 19.5 Å². The van der Waals surface area contributed by atoms with Crippen molar-refractivity contribution < 1.29 is 14.3 Å². The number of carbonyl (C=O) groups is 2. The Bertz CT molecular complexity index is 507. The molecule has 1 heterocycles. The lowest BCUT2D eigenvalue weighted by Crippen LogP contribution is -2.38. The van der Waals surface area contributed by atoms with Gasteiger partial charge in [-0.15, -0.1) is 0 Å². The summed E-state index contributed by atoms with van der Waals surface area (Å²) in [6.07, 6.45) is 1.86. The molecule has 21 heavy (non-hydrogen) atoms. The summed E-state index contributed by atoms with van der Waals surface area (Å²) in [5.41, 5.74) is 0.336. The van der Waals surface area contributed by atoms with Crippen LogP contribution in [-0.2, 0) is 14.9 Å². The number of carbonyl (C=O) groups excluding carboxylic acids is 2. The van der Waals surface area contributed by atoms with Gasteiger partial charge in [0, 0.05) is 24.9 Å². The second kappa shape index (κ2) is 5.88. The highest BCUT2D eigenvalue weighted by Gasteiger charge is 2.42. The van der Waals surface area contributed by atoms with Gasteiger partial charge in [0.25, 0.3) is 0 Å². The Balaban J connectivity index is 2.16. The molecule has 1 aromatic carbocycles. The van der Waals surface area contributed by atoms with Crippen LogP contribution in [0.4, 0.5) is 4.79 Å². The number of aldehydes is 1. The predicted octanol–water partition coefficient (Wildman–Crippen LogP) is 3.15. The van der Waals surface area contributed by atoms with Crippen molar-refractivity contribution in [2.45, 2.75) is 44.6 Å². The van der Waals surface area contributed by atoms with E-state index in [-0.39, 0.29) is 11.5 Å². The Labute approximate surface area is 126 Å². The molecule has 1 aromatic rings. The molecule has 114 valence electrons. The van der Waals surface area contributed by atoms with Crippen LogP contribution in [0.2, 0.25) is 0 Å². The Morgan fingerprint density at radius 1 is 1.33 bits per heavy atom. The highest BCUT2D eigenvalue weighted by atomic mass is 16.6. The average molecular weight is 289 g/mol. The molecular weight excluding hydrogens is 266 g/mol. The average Bonchev–Trinajstić information content (AvgIpc) is 2.84. The van der Waals surface area contributed by atoms with Crippen LogP contribution < -0.4 is 0 Å². The number of hydrogen-bond acceptors (Lipinski definition) is 3. The maximum absolute atomic E-state index is 12.2. The molecule has 1 saturated heterocycles. The van der Waals surface area contributed by atoms with Gasteiger partial charge >= 0.3 is 6.09 Å². The number of ether oxygens (including phenoxy) is 1. The molecule has 1 fully saturated rings. The first-order valence-electron chi connectivity index (χ1n) is 7.33. The van der Waals surface area contributed by atoms with Gasteiger partial charge in [0.1, 0.15) is 11.9 Å². The van der Waals surface area contributed by atoms with Gasteiger partial charge < -0.3 is 14.4 Å². The molecule has 2 rings (SSSR count). The van der Waals surface area contributed by atoms with Crippen molar-refractivity contribution in [3.8, 4) is 0 Å². The fourth-order valence-electron chi connectivity index (χ4n) is 2.83. The van der Waals surface area contributed by atoms with E-state index < -0.39 is 5.60 Å². The first kappa shape index (κ1) is 15.5. The van der Waals surface area contributed by atoms with Crippen LogP contribution in [0.15, 0.2) is 30.3 Å². The van der Waals surface area contributed by atoms with Crippen molar-refractivity contribution >= 4 is 12.4 Å². The maximum Gasteiger partial charge on any atom is 0.410 e. The van der Waals surface area contributed by atoms with E-state index in [0.717, 1.165) is 18.3 Å². The second-order valence-electron chi connectivity index (χ2n) is 6.67. The summed E-state index contributed by atoms with van der Waals surface area (Å²) in [6.45, 7) is 6.73. The van der Waals surface area contributed by atoms with Crippen molar-refractivity contribution in [2.24, 2.45) is 0 Å². The third-order valence-electron chi connectivity index (χ3n) is 3.87. The summed E-state index contributed by atoms with van der Waals surface area (Å²) in [5, 5.41) is 0. The fraction of sp³-hybridized carbons (Fsp3) is 0.529. The lowest BCUT2D eigenvalue weighted by Gasteiger charge is -2.29. The van der Waals surface area contributed by atoms with Crippen LogP contribution >= 0.6 is 0 Å². The zero-order valence-electron chi connectivity index (χ0n) is 13.0. The first-order valence-corrected chi connectivity index (χ1v) is 7.33. The number of nitrogens with zero attached hydrogens (tertiary/aromatic N) is 1. The van der Waals surface area contributed by atoms with Gasteiger partial charge in [-0.05, 0) is 32.8 Å². The van der Waals surface area contributed by atoms with E-state index in [1.165, 1.54) is 0 Å². The highest BCUT2D eigenvalue weighted by molar-refractivity contribution is 5.69. The molecule has 0 N–H and O–H groups in total. The van der Waals surface area contributed by atoms with Crippen molar-refractivity contribution in [1.29, 1.82) is 0 Å². The van der Waals surface area contributed by atoms with Crippen LogP contribution in [0, 0.1) is 0 Å². The SMILES string of the molecule is CC(C)(C)OC(=O)N1CC[C@@](CC=O)(c2ccccc2)C1. The van der Waals surface area contributed by atoms with Crippen molar-refractivity contribution in [3.05, 3.63) is 35.9 Å². The van der Waals surface area contributed by atoms with Crippen molar-refractivity contribution in [3.63, 3.8) is 0 Å². The maximum atomic E-state index is 12.2. The topological polar surface area (TPSA) is 46.6 Å². The molecule has 4 nitrogen and oxygen atoms in total. The lowest BCUT2D eigenvalue weighted by molar-refractivity contribution is -0.108. The predicted molar refractivity (Wildman–Crippen MR) is 81.2 cm³/mol. The molecule has 1 atom stereocenters. The molecule has 0 saturated carbocycles. The van der Waals surface area contributed by atoms with Gasteiger partial charge in [-0.2, -0.15) is 0 Å². The first-order chi connectivity index (χ1) is 9.86. The molecule has 0 radical (unpaired) electrons. The van der Waals surface area contributed by atoms with Crippen molar-refractivity contribution in [2.75, 3.05) is 13.1 Å². The third-order valence-corrected chi connectivity index (χ3v) is 3.87. The minimum atomic E-state index is -0.500. The molecule has 1 aliphatic rings. The zero-order valence-corrected chi connectivity index (χ0v) is 13.0. The van der Waals surface area contributed by atoms with Gasteiger partial charge in [-0.3, -0.25) is 0 Å². The summed E-state index contributed by atoms with van der Waals surface area (Å²) >= 11 is 0. The van der Waals surface area contributed by atoms with Gasteiger partial charge in [-0.1, -0.05) is 30.3 Å². The Hall–Kier alpha value is -1.84. The van der Waals surface area contributed by atoms with Crippen LogP contribution in [0.3, 0.4) is 0 Å². The normalized spacial score (nSPS) is 22.1. The van der Waals surface area contributed by atoms with E-state index in [1.54, 1.807) is 4.90 Å². The summed E-state index contributed by atoms with van der Waals surface area (Å²) in [4.78, 5) is 25.0.